The number of nitrogens with zero attached hydrogens (tertiary/aromatic N) is 2. The second-order valence-corrected chi connectivity index (χ2v) is 12.0. The Morgan fingerprint density at radius 2 is 1.50 bits per heavy atom. The van der Waals surface area contributed by atoms with Gasteiger partial charge < -0.3 is 26.0 Å². The number of carboxylic acids is 1. The molecule has 46 heavy (non-hydrogen) atoms. The third-order valence-electron chi connectivity index (χ3n) is 8.58. The number of hydrogen-bond donors (Lipinski definition) is 4. The molecule has 0 aliphatic carbocycles. The molecule has 0 spiro atoms. The van der Waals surface area contributed by atoms with Crippen LogP contribution in [0.2, 0.25) is 0 Å². The number of nitrogens with one attached hydrogen (secondary N) is 3. The van der Waals surface area contributed by atoms with E-state index in [9.17, 15) is 29.1 Å². The fourth-order valence-electron chi connectivity index (χ4n) is 6.40. The molecule has 1 aromatic heterocycles. The van der Waals surface area contributed by atoms with Gasteiger partial charge in [-0.15, -0.1) is 0 Å². The average Bonchev–Trinajstić information content (AvgIpc) is 3.48. The molecule has 3 heterocycles. The first-order chi connectivity index (χ1) is 22.3. The fraction of sp³-hybridized carbons (Fsp3) is 0.371. The molecule has 3 aromatic rings. The molecule has 2 aliphatic heterocycles. The van der Waals surface area contributed by atoms with Crippen molar-refractivity contribution in [3.8, 4) is 0 Å². The Labute approximate surface area is 267 Å². The Bertz CT molecular complexity index is 1520. The lowest BCUT2D eigenvalue weighted by Gasteiger charge is -2.38. The van der Waals surface area contributed by atoms with Crippen LogP contribution in [-0.2, 0) is 43.2 Å². The topological polar surface area (TPSA) is 158 Å². The summed E-state index contributed by atoms with van der Waals surface area (Å²) in [5.41, 5.74) is 2.42. The summed E-state index contributed by atoms with van der Waals surface area (Å²) in [5, 5.41) is 18.1. The summed E-state index contributed by atoms with van der Waals surface area (Å²) >= 11 is 0. The number of amides is 4. The zero-order valence-electron chi connectivity index (χ0n) is 25.5. The van der Waals surface area contributed by atoms with E-state index in [-0.39, 0.29) is 37.1 Å². The van der Waals surface area contributed by atoms with Crippen LogP contribution in [0.15, 0.2) is 85.2 Å². The standard InChI is InChI=1S/C35H39N5O6/c41-31(20-24-10-5-2-6-11-24)38-28-15-13-27-14-16-30(40(27)35(28)46)34(45)39-29(19-25-12-7-17-36-22-25)33(44)37-26(21-32(42)43)18-23-8-3-1-4-9-23/h1-12,17,22,26-30H,13-16,18-21H2,(H,37,44)(H,38,41)(H,39,45)(H,42,43). The van der Waals surface area contributed by atoms with Crippen LogP contribution in [0.4, 0.5) is 0 Å². The molecular formula is C35H39N5O6. The van der Waals surface area contributed by atoms with E-state index < -0.39 is 42.0 Å². The van der Waals surface area contributed by atoms with Crippen LogP contribution in [0.3, 0.4) is 0 Å². The number of aromatic nitrogens is 1. The minimum Gasteiger partial charge on any atom is -0.481 e. The Morgan fingerprint density at radius 3 is 2.17 bits per heavy atom. The number of aliphatic carboxylic acids is 1. The van der Waals surface area contributed by atoms with Crippen molar-refractivity contribution in [3.63, 3.8) is 0 Å². The van der Waals surface area contributed by atoms with E-state index in [4.69, 9.17) is 0 Å². The normalized spacial score (nSPS) is 20.2. The van der Waals surface area contributed by atoms with Gasteiger partial charge in [0.15, 0.2) is 0 Å². The number of benzene rings is 2. The zero-order chi connectivity index (χ0) is 32.5. The van der Waals surface area contributed by atoms with Gasteiger partial charge in [0.2, 0.25) is 23.6 Å². The SMILES string of the molecule is O=C(O)CC(Cc1ccccc1)NC(=O)C(Cc1cccnc1)NC(=O)C1CCC2CCC(NC(=O)Cc3ccccc3)C(=O)N21. The summed E-state index contributed by atoms with van der Waals surface area (Å²) in [5.74, 6) is -2.60. The quantitative estimate of drug-likeness (QED) is 0.227. The van der Waals surface area contributed by atoms with E-state index in [1.165, 1.54) is 0 Å². The monoisotopic (exact) mass is 625 g/mol. The Balaban J connectivity index is 1.28. The molecule has 4 amide bonds. The van der Waals surface area contributed by atoms with Gasteiger partial charge in [0.25, 0.3) is 0 Å². The minimum atomic E-state index is -1.06. The molecule has 0 bridgehead atoms. The van der Waals surface area contributed by atoms with Gasteiger partial charge in [-0.05, 0) is 54.9 Å². The number of fused-ring (bicyclic) bond motifs is 1. The summed E-state index contributed by atoms with van der Waals surface area (Å²) in [7, 11) is 0. The van der Waals surface area contributed by atoms with Crippen molar-refractivity contribution in [2.45, 2.75) is 81.6 Å². The number of piperidine rings is 1. The molecule has 4 N–H and O–H groups in total. The van der Waals surface area contributed by atoms with Crippen LogP contribution in [0, 0.1) is 0 Å². The van der Waals surface area contributed by atoms with E-state index in [0.717, 1.165) is 11.1 Å². The van der Waals surface area contributed by atoms with Crippen molar-refractivity contribution in [3.05, 3.63) is 102 Å². The number of pyridine rings is 1. The summed E-state index contributed by atoms with van der Waals surface area (Å²) in [6, 6.07) is 18.7. The van der Waals surface area contributed by atoms with Crippen LogP contribution in [0.25, 0.3) is 0 Å². The number of carboxylic acid groups (broad SMARTS) is 1. The number of carbonyl (C=O) groups is 5. The fourth-order valence-corrected chi connectivity index (χ4v) is 6.40. The maximum atomic E-state index is 13.8. The highest BCUT2D eigenvalue weighted by Crippen LogP contribution is 2.33. The van der Waals surface area contributed by atoms with Gasteiger partial charge in [0, 0.05) is 30.9 Å². The van der Waals surface area contributed by atoms with Gasteiger partial charge in [-0.1, -0.05) is 66.7 Å². The Morgan fingerprint density at radius 1 is 0.826 bits per heavy atom. The molecular weight excluding hydrogens is 586 g/mol. The van der Waals surface area contributed by atoms with E-state index in [0.29, 0.717) is 37.7 Å². The van der Waals surface area contributed by atoms with Gasteiger partial charge in [-0.3, -0.25) is 29.0 Å². The third kappa shape index (κ3) is 8.56. The van der Waals surface area contributed by atoms with Crippen molar-refractivity contribution in [1.82, 2.24) is 25.8 Å². The predicted octanol–water partition coefficient (Wildman–Crippen LogP) is 2.19. The van der Waals surface area contributed by atoms with Crippen molar-refractivity contribution >= 4 is 29.6 Å². The van der Waals surface area contributed by atoms with Gasteiger partial charge in [-0.2, -0.15) is 0 Å². The molecule has 2 fully saturated rings. The largest absolute Gasteiger partial charge is 0.481 e. The molecule has 2 aliphatic rings. The molecule has 0 saturated carbocycles. The molecule has 5 atom stereocenters. The highest BCUT2D eigenvalue weighted by Gasteiger charge is 2.46. The van der Waals surface area contributed by atoms with E-state index in [1.54, 1.807) is 29.4 Å². The molecule has 2 aromatic carbocycles. The lowest BCUT2D eigenvalue weighted by atomic mass is 9.97. The third-order valence-corrected chi connectivity index (χ3v) is 8.58. The molecule has 240 valence electrons. The minimum absolute atomic E-state index is 0.123. The lowest BCUT2D eigenvalue weighted by molar-refractivity contribution is -0.146. The van der Waals surface area contributed by atoms with Crippen molar-refractivity contribution in [2.75, 3.05) is 0 Å². The maximum Gasteiger partial charge on any atom is 0.305 e. The van der Waals surface area contributed by atoms with E-state index >= 15 is 0 Å². The smallest absolute Gasteiger partial charge is 0.305 e. The van der Waals surface area contributed by atoms with Crippen LogP contribution in [0.5, 0.6) is 0 Å². The van der Waals surface area contributed by atoms with Crippen molar-refractivity contribution in [1.29, 1.82) is 0 Å². The van der Waals surface area contributed by atoms with Crippen LogP contribution in [0.1, 0.15) is 48.8 Å². The lowest BCUT2D eigenvalue weighted by Crippen LogP contribution is -2.60. The van der Waals surface area contributed by atoms with Crippen molar-refractivity contribution in [2.24, 2.45) is 0 Å². The summed E-state index contributed by atoms with van der Waals surface area (Å²) in [6.07, 6.45) is 5.72. The highest BCUT2D eigenvalue weighted by atomic mass is 16.4. The summed E-state index contributed by atoms with van der Waals surface area (Å²) in [6.45, 7) is 0. The molecule has 0 radical (unpaired) electrons. The molecule has 11 nitrogen and oxygen atoms in total. The maximum absolute atomic E-state index is 13.8. The number of hydrogen-bond acceptors (Lipinski definition) is 6. The number of rotatable bonds is 13. The van der Waals surface area contributed by atoms with Crippen LogP contribution in [-0.4, -0.2) is 74.8 Å². The van der Waals surface area contributed by atoms with E-state index in [2.05, 4.69) is 20.9 Å². The number of carbonyl (C=O) groups excluding carboxylic acids is 4. The predicted molar refractivity (Wildman–Crippen MR) is 169 cm³/mol. The second kappa shape index (κ2) is 15.3. The molecule has 11 heteroatoms. The molecule has 5 rings (SSSR count). The first-order valence-corrected chi connectivity index (χ1v) is 15.7. The Hall–Kier alpha value is -5.06. The first kappa shape index (κ1) is 32.3. The average molecular weight is 626 g/mol. The van der Waals surface area contributed by atoms with Gasteiger partial charge >= 0.3 is 5.97 Å². The Kier molecular flexibility index (Phi) is 10.7. The van der Waals surface area contributed by atoms with Crippen LogP contribution < -0.4 is 16.0 Å². The summed E-state index contributed by atoms with van der Waals surface area (Å²) in [4.78, 5) is 71.2. The highest BCUT2D eigenvalue weighted by molar-refractivity contribution is 5.95. The van der Waals surface area contributed by atoms with Gasteiger partial charge in [-0.25, -0.2) is 0 Å². The van der Waals surface area contributed by atoms with E-state index in [1.807, 2.05) is 60.7 Å². The molecule has 2 saturated heterocycles. The zero-order valence-corrected chi connectivity index (χ0v) is 25.5. The van der Waals surface area contributed by atoms with Gasteiger partial charge in [0.1, 0.15) is 18.1 Å². The summed E-state index contributed by atoms with van der Waals surface area (Å²) < 4.78 is 0. The van der Waals surface area contributed by atoms with Crippen LogP contribution >= 0.6 is 0 Å². The van der Waals surface area contributed by atoms with Gasteiger partial charge in [0.05, 0.1) is 12.8 Å². The first-order valence-electron chi connectivity index (χ1n) is 15.7. The second-order valence-electron chi connectivity index (χ2n) is 12.0. The molecule has 5 unspecified atom stereocenters. The van der Waals surface area contributed by atoms with Crippen molar-refractivity contribution < 1.29 is 29.1 Å².